The van der Waals surface area contributed by atoms with E-state index in [1.807, 2.05) is 6.07 Å². The highest BCUT2D eigenvalue weighted by atomic mass is 16.5. The quantitative estimate of drug-likeness (QED) is 0.688. The number of nitrogens with one attached hydrogen (secondary N) is 2. The normalized spacial score (nSPS) is 11.1. The number of hydrogen-bond donors (Lipinski definition) is 2. The van der Waals surface area contributed by atoms with Gasteiger partial charge < -0.3 is 25.0 Å². The van der Waals surface area contributed by atoms with Crippen molar-refractivity contribution in [1.82, 2.24) is 14.7 Å². The number of hydrogen-bond acceptors (Lipinski definition) is 5. The Kier molecular flexibility index (Phi) is 7.82. The van der Waals surface area contributed by atoms with Crippen molar-refractivity contribution in [2.24, 2.45) is 7.05 Å². The monoisotopic (exact) mass is 417 g/mol. The molecule has 2 N–H and O–H groups in total. The Labute approximate surface area is 177 Å². The molecular weight excluding hydrogens is 386 g/mol. The average Bonchev–Trinajstić information content (AvgIpc) is 3.06. The fraction of sp³-hybridized carbons (Fsp3) is 0.476. The Morgan fingerprint density at radius 3 is 2.50 bits per heavy atom. The van der Waals surface area contributed by atoms with Crippen LogP contribution in [0.25, 0.3) is 0 Å². The van der Waals surface area contributed by atoms with Crippen LogP contribution in [0.3, 0.4) is 0 Å². The topological polar surface area (TPSA) is 97.7 Å². The van der Waals surface area contributed by atoms with Gasteiger partial charge in [-0.25, -0.2) is 4.79 Å². The number of methoxy groups -OCH3 is 2. The first-order chi connectivity index (χ1) is 14.1. The maximum Gasteiger partial charge on any atom is 0.322 e. The first kappa shape index (κ1) is 23.2. The lowest BCUT2D eigenvalue weighted by molar-refractivity contribution is -0.116. The van der Waals surface area contributed by atoms with Gasteiger partial charge in [0.25, 0.3) is 0 Å². The standard InChI is InChI=1S/C21H31N5O4/c1-21(2,3)17-13-18(25(4)24-17)23-19(27)14-26(10-11-29-5)20(28)22-15-8-7-9-16(12-15)30-6/h7-9,12-13H,10-11,14H2,1-6H3,(H,22,28)(H,23,27). The number of amides is 3. The van der Waals surface area contributed by atoms with Crippen molar-refractivity contribution in [1.29, 1.82) is 0 Å². The van der Waals surface area contributed by atoms with Gasteiger partial charge in [0.05, 0.1) is 19.4 Å². The Hall–Kier alpha value is -3.07. The SMILES string of the molecule is COCCN(CC(=O)Nc1cc(C(C)(C)C)nn1C)C(=O)Nc1cccc(OC)c1. The maximum absolute atomic E-state index is 12.7. The Balaban J connectivity index is 2.06. The molecule has 1 heterocycles. The summed E-state index contributed by atoms with van der Waals surface area (Å²) in [5, 5.41) is 10.1. The molecule has 1 aromatic carbocycles. The molecule has 0 atom stereocenters. The minimum absolute atomic E-state index is 0.130. The van der Waals surface area contributed by atoms with Crippen molar-refractivity contribution in [2.45, 2.75) is 26.2 Å². The number of rotatable bonds is 8. The molecule has 164 valence electrons. The summed E-state index contributed by atoms with van der Waals surface area (Å²) in [5.41, 5.74) is 1.30. The molecule has 0 radical (unpaired) electrons. The predicted molar refractivity (Wildman–Crippen MR) is 116 cm³/mol. The first-order valence-electron chi connectivity index (χ1n) is 9.67. The van der Waals surface area contributed by atoms with Gasteiger partial charge in [-0.3, -0.25) is 9.48 Å². The van der Waals surface area contributed by atoms with Crippen molar-refractivity contribution in [2.75, 3.05) is 44.5 Å². The summed E-state index contributed by atoms with van der Waals surface area (Å²) in [7, 11) is 4.87. The van der Waals surface area contributed by atoms with E-state index in [4.69, 9.17) is 9.47 Å². The number of benzene rings is 1. The molecule has 0 spiro atoms. The Morgan fingerprint density at radius 2 is 1.90 bits per heavy atom. The highest BCUT2D eigenvalue weighted by Gasteiger charge is 2.21. The van der Waals surface area contributed by atoms with Crippen LogP contribution >= 0.6 is 0 Å². The van der Waals surface area contributed by atoms with Gasteiger partial charge >= 0.3 is 6.03 Å². The molecule has 0 unspecified atom stereocenters. The van der Waals surface area contributed by atoms with Crippen LogP contribution in [0.5, 0.6) is 5.75 Å². The van der Waals surface area contributed by atoms with E-state index < -0.39 is 6.03 Å². The summed E-state index contributed by atoms with van der Waals surface area (Å²) >= 11 is 0. The molecule has 2 rings (SSSR count). The number of aryl methyl sites for hydroxylation is 1. The maximum atomic E-state index is 12.7. The van der Waals surface area contributed by atoms with Gasteiger partial charge in [-0.2, -0.15) is 5.10 Å². The van der Waals surface area contributed by atoms with Gasteiger partial charge in [0.2, 0.25) is 5.91 Å². The van der Waals surface area contributed by atoms with Crippen molar-refractivity contribution in [3.63, 3.8) is 0 Å². The third-order valence-electron chi connectivity index (χ3n) is 4.42. The van der Waals surface area contributed by atoms with Crippen molar-refractivity contribution in [3.05, 3.63) is 36.0 Å². The molecule has 0 fully saturated rings. The molecule has 3 amide bonds. The van der Waals surface area contributed by atoms with E-state index in [-0.39, 0.29) is 24.4 Å². The molecule has 0 saturated heterocycles. The van der Waals surface area contributed by atoms with Gasteiger partial charge in [0.1, 0.15) is 18.1 Å². The van der Waals surface area contributed by atoms with E-state index >= 15 is 0 Å². The number of carbonyl (C=O) groups is 2. The number of aromatic nitrogens is 2. The minimum atomic E-state index is -0.407. The highest BCUT2D eigenvalue weighted by molar-refractivity contribution is 5.96. The number of carbonyl (C=O) groups excluding carboxylic acids is 2. The molecule has 30 heavy (non-hydrogen) atoms. The minimum Gasteiger partial charge on any atom is -0.497 e. The number of ether oxygens (including phenoxy) is 2. The van der Waals surface area contributed by atoms with Crippen LogP contribution in [-0.4, -0.2) is 60.5 Å². The molecular formula is C21H31N5O4. The van der Waals surface area contributed by atoms with E-state index in [1.54, 1.807) is 50.2 Å². The molecule has 9 heteroatoms. The number of anilines is 2. The van der Waals surface area contributed by atoms with Crippen LogP contribution in [0.15, 0.2) is 30.3 Å². The van der Waals surface area contributed by atoms with E-state index in [2.05, 4.69) is 36.5 Å². The first-order valence-corrected chi connectivity index (χ1v) is 9.67. The summed E-state index contributed by atoms with van der Waals surface area (Å²) in [6.45, 7) is 6.59. The zero-order valence-electron chi connectivity index (χ0n) is 18.5. The fourth-order valence-corrected chi connectivity index (χ4v) is 2.66. The second-order valence-electron chi connectivity index (χ2n) is 7.91. The van der Waals surface area contributed by atoms with E-state index in [0.717, 1.165) is 5.69 Å². The summed E-state index contributed by atoms with van der Waals surface area (Å²) < 4.78 is 11.9. The van der Waals surface area contributed by atoms with Gasteiger partial charge in [-0.05, 0) is 12.1 Å². The zero-order chi connectivity index (χ0) is 22.3. The summed E-state index contributed by atoms with van der Waals surface area (Å²) in [4.78, 5) is 26.7. The van der Waals surface area contributed by atoms with E-state index in [0.29, 0.717) is 23.9 Å². The van der Waals surface area contributed by atoms with Crippen molar-refractivity contribution >= 4 is 23.4 Å². The molecule has 1 aromatic heterocycles. The van der Waals surface area contributed by atoms with Crippen LogP contribution < -0.4 is 15.4 Å². The lowest BCUT2D eigenvalue weighted by Crippen LogP contribution is -2.42. The molecule has 9 nitrogen and oxygen atoms in total. The second-order valence-corrected chi connectivity index (χ2v) is 7.91. The second kappa shape index (κ2) is 10.1. The summed E-state index contributed by atoms with van der Waals surface area (Å²) in [6.07, 6.45) is 0. The summed E-state index contributed by atoms with van der Waals surface area (Å²) in [5.74, 6) is 0.875. The van der Waals surface area contributed by atoms with Crippen molar-refractivity contribution in [3.8, 4) is 5.75 Å². The van der Waals surface area contributed by atoms with Crippen molar-refractivity contribution < 1.29 is 19.1 Å². The smallest absolute Gasteiger partial charge is 0.322 e. The van der Waals surface area contributed by atoms with Crippen LogP contribution in [-0.2, 0) is 22.0 Å². The van der Waals surface area contributed by atoms with Gasteiger partial charge in [-0.1, -0.05) is 26.8 Å². The van der Waals surface area contributed by atoms with Crippen LogP contribution in [0, 0.1) is 0 Å². The Morgan fingerprint density at radius 1 is 1.17 bits per heavy atom. The molecule has 0 aliphatic rings. The van der Waals surface area contributed by atoms with Crippen LogP contribution in [0.1, 0.15) is 26.5 Å². The molecule has 0 saturated carbocycles. The van der Waals surface area contributed by atoms with E-state index in [1.165, 1.54) is 4.90 Å². The van der Waals surface area contributed by atoms with Crippen LogP contribution in [0.2, 0.25) is 0 Å². The molecule has 2 aromatic rings. The third kappa shape index (κ3) is 6.48. The Bertz CT molecular complexity index is 873. The third-order valence-corrected chi connectivity index (χ3v) is 4.42. The largest absolute Gasteiger partial charge is 0.497 e. The lowest BCUT2D eigenvalue weighted by Gasteiger charge is -2.22. The zero-order valence-corrected chi connectivity index (χ0v) is 18.5. The fourth-order valence-electron chi connectivity index (χ4n) is 2.66. The van der Waals surface area contributed by atoms with E-state index in [9.17, 15) is 9.59 Å². The highest BCUT2D eigenvalue weighted by Crippen LogP contribution is 2.23. The van der Waals surface area contributed by atoms with Gasteiger partial charge in [0.15, 0.2) is 0 Å². The number of urea groups is 1. The predicted octanol–water partition coefficient (Wildman–Crippen LogP) is 2.85. The molecule has 0 aliphatic heterocycles. The average molecular weight is 418 g/mol. The van der Waals surface area contributed by atoms with Gasteiger partial charge in [0, 0.05) is 43.9 Å². The molecule has 0 aliphatic carbocycles. The molecule has 0 bridgehead atoms. The summed E-state index contributed by atoms with van der Waals surface area (Å²) in [6, 6.07) is 8.44. The van der Waals surface area contributed by atoms with Gasteiger partial charge in [-0.15, -0.1) is 0 Å². The van der Waals surface area contributed by atoms with Crippen LogP contribution in [0.4, 0.5) is 16.3 Å². The number of nitrogens with zero attached hydrogens (tertiary/aromatic N) is 3. The lowest BCUT2D eigenvalue weighted by atomic mass is 9.92.